The maximum absolute atomic E-state index is 13.8. The van der Waals surface area contributed by atoms with E-state index >= 15 is 0 Å². The summed E-state index contributed by atoms with van der Waals surface area (Å²) >= 11 is 0. The Morgan fingerprint density at radius 3 is 2.22 bits per heavy atom. The molecule has 1 aliphatic heterocycles. The molecule has 6 rings (SSSR count). The second-order valence-electron chi connectivity index (χ2n) is 9.43. The van der Waals surface area contributed by atoms with Crippen molar-refractivity contribution in [3.8, 4) is 17.2 Å². The first kappa shape index (κ1) is 22.9. The van der Waals surface area contributed by atoms with Gasteiger partial charge in [-0.3, -0.25) is 4.79 Å². The van der Waals surface area contributed by atoms with E-state index < -0.39 is 0 Å². The Kier molecular flexibility index (Phi) is 6.11. The van der Waals surface area contributed by atoms with E-state index in [1.54, 1.807) is 7.11 Å². The van der Waals surface area contributed by atoms with Crippen LogP contribution in [0.1, 0.15) is 35.9 Å². The van der Waals surface area contributed by atoms with Crippen LogP contribution in [0.4, 0.5) is 11.4 Å². The Morgan fingerprint density at radius 1 is 0.703 bits per heavy atom. The van der Waals surface area contributed by atoms with Crippen LogP contribution in [-0.2, 0) is 4.79 Å². The highest BCUT2D eigenvalue weighted by Gasteiger charge is 2.36. The number of carbonyl (C=O) groups is 1. The molecule has 4 aromatic carbocycles. The normalized spacial score (nSPS) is 18.6. The van der Waals surface area contributed by atoms with E-state index in [4.69, 9.17) is 9.47 Å². The van der Waals surface area contributed by atoms with Crippen molar-refractivity contribution in [1.29, 1.82) is 0 Å². The molecule has 0 saturated heterocycles. The van der Waals surface area contributed by atoms with Crippen molar-refractivity contribution in [3.63, 3.8) is 0 Å². The SMILES string of the molecule is COc1ccc([C@@H]2CC(=O)C3=C(C2)Nc2ccccc2N[C@H]3c2cccc(Oc3ccccc3)c2)cc1. The van der Waals surface area contributed by atoms with Crippen LogP contribution in [0.3, 0.4) is 0 Å². The maximum Gasteiger partial charge on any atom is 0.163 e. The predicted molar refractivity (Wildman–Crippen MR) is 146 cm³/mol. The number of rotatable bonds is 5. The number of ketones is 1. The first-order valence-electron chi connectivity index (χ1n) is 12.5. The minimum atomic E-state index is -0.296. The van der Waals surface area contributed by atoms with Crippen molar-refractivity contribution in [2.75, 3.05) is 17.7 Å². The number of carbonyl (C=O) groups excluding carboxylic acids is 1. The minimum absolute atomic E-state index is 0.100. The van der Waals surface area contributed by atoms with Gasteiger partial charge in [0.1, 0.15) is 17.2 Å². The molecule has 1 heterocycles. The molecule has 0 unspecified atom stereocenters. The molecule has 0 aromatic heterocycles. The zero-order valence-corrected chi connectivity index (χ0v) is 20.6. The second-order valence-corrected chi connectivity index (χ2v) is 9.43. The van der Waals surface area contributed by atoms with Gasteiger partial charge in [-0.25, -0.2) is 0 Å². The smallest absolute Gasteiger partial charge is 0.163 e. The highest BCUT2D eigenvalue weighted by Crippen LogP contribution is 2.44. The molecule has 184 valence electrons. The zero-order chi connectivity index (χ0) is 25.2. The number of benzene rings is 4. The van der Waals surface area contributed by atoms with E-state index in [1.165, 1.54) is 0 Å². The van der Waals surface area contributed by atoms with Crippen molar-refractivity contribution in [2.24, 2.45) is 0 Å². The molecular weight excluding hydrogens is 460 g/mol. The third-order valence-electron chi connectivity index (χ3n) is 7.07. The van der Waals surface area contributed by atoms with Crippen molar-refractivity contribution < 1.29 is 14.3 Å². The van der Waals surface area contributed by atoms with Gasteiger partial charge in [-0.15, -0.1) is 0 Å². The van der Waals surface area contributed by atoms with Gasteiger partial charge in [-0.2, -0.15) is 0 Å². The van der Waals surface area contributed by atoms with E-state index in [9.17, 15) is 4.79 Å². The monoisotopic (exact) mass is 488 g/mol. The summed E-state index contributed by atoms with van der Waals surface area (Å²) < 4.78 is 11.4. The summed E-state index contributed by atoms with van der Waals surface area (Å²) in [5.41, 5.74) is 5.81. The number of hydrogen-bond acceptors (Lipinski definition) is 5. The Hall–Kier alpha value is -4.51. The van der Waals surface area contributed by atoms with E-state index in [0.29, 0.717) is 6.42 Å². The van der Waals surface area contributed by atoms with E-state index in [-0.39, 0.29) is 17.7 Å². The molecule has 0 amide bonds. The molecule has 0 radical (unpaired) electrons. The number of Topliss-reactive ketones (excluding diaryl/α,β-unsaturated/α-hetero) is 1. The van der Waals surface area contributed by atoms with Crippen molar-refractivity contribution in [3.05, 3.63) is 126 Å². The zero-order valence-electron chi connectivity index (χ0n) is 20.6. The largest absolute Gasteiger partial charge is 0.497 e. The van der Waals surface area contributed by atoms with Crippen LogP contribution in [0.25, 0.3) is 0 Å². The van der Waals surface area contributed by atoms with Crippen molar-refractivity contribution in [2.45, 2.75) is 24.8 Å². The second kappa shape index (κ2) is 9.86. The average molecular weight is 489 g/mol. The summed E-state index contributed by atoms with van der Waals surface area (Å²) in [6, 6.07) is 33.6. The topological polar surface area (TPSA) is 59.6 Å². The van der Waals surface area contributed by atoms with Gasteiger partial charge in [0.2, 0.25) is 0 Å². The Bertz CT molecular complexity index is 1460. The molecule has 2 aliphatic rings. The molecule has 0 fully saturated rings. The average Bonchev–Trinajstić information content (AvgIpc) is 3.11. The van der Waals surface area contributed by atoms with Gasteiger partial charge in [0.15, 0.2) is 5.78 Å². The lowest BCUT2D eigenvalue weighted by molar-refractivity contribution is -0.116. The molecule has 5 nitrogen and oxygen atoms in total. The number of anilines is 2. The highest BCUT2D eigenvalue weighted by molar-refractivity contribution is 6.01. The van der Waals surface area contributed by atoms with E-state index in [2.05, 4.69) is 28.8 Å². The molecule has 5 heteroatoms. The van der Waals surface area contributed by atoms with E-state index in [1.807, 2.05) is 84.9 Å². The summed E-state index contributed by atoms with van der Waals surface area (Å²) in [6.07, 6.45) is 1.21. The summed E-state index contributed by atoms with van der Waals surface area (Å²) in [6.45, 7) is 0. The maximum atomic E-state index is 13.8. The number of para-hydroxylation sites is 3. The van der Waals surface area contributed by atoms with Crippen LogP contribution in [0, 0.1) is 0 Å². The fourth-order valence-electron chi connectivity index (χ4n) is 5.24. The fraction of sp³-hybridized carbons (Fsp3) is 0.156. The summed E-state index contributed by atoms with van der Waals surface area (Å²) in [4.78, 5) is 13.8. The van der Waals surface area contributed by atoms with Gasteiger partial charge in [0.05, 0.1) is 24.5 Å². The Morgan fingerprint density at radius 2 is 1.43 bits per heavy atom. The van der Waals surface area contributed by atoms with Crippen LogP contribution >= 0.6 is 0 Å². The number of methoxy groups -OCH3 is 1. The number of hydrogen-bond donors (Lipinski definition) is 2. The fourth-order valence-corrected chi connectivity index (χ4v) is 5.24. The van der Waals surface area contributed by atoms with Gasteiger partial charge in [-0.1, -0.05) is 54.6 Å². The lowest BCUT2D eigenvalue weighted by atomic mass is 9.78. The number of allylic oxidation sites excluding steroid dienone is 1. The quantitative estimate of drug-likeness (QED) is 0.305. The van der Waals surface area contributed by atoms with Gasteiger partial charge in [0.25, 0.3) is 0 Å². The van der Waals surface area contributed by atoms with Gasteiger partial charge >= 0.3 is 0 Å². The molecule has 2 atom stereocenters. The Balaban J connectivity index is 1.38. The summed E-state index contributed by atoms with van der Waals surface area (Å²) in [5.74, 6) is 2.57. The number of nitrogens with one attached hydrogen (secondary N) is 2. The molecule has 0 saturated carbocycles. The molecule has 1 aliphatic carbocycles. The molecule has 2 N–H and O–H groups in total. The third kappa shape index (κ3) is 4.68. The first-order chi connectivity index (χ1) is 18.2. The highest BCUT2D eigenvalue weighted by atomic mass is 16.5. The van der Waals surface area contributed by atoms with Crippen LogP contribution in [0.5, 0.6) is 17.2 Å². The van der Waals surface area contributed by atoms with Crippen LogP contribution in [0.2, 0.25) is 0 Å². The standard InChI is InChI=1S/C32H28N2O3/c1-36-24-16-14-21(15-17-24)23-19-29-31(30(35)20-23)32(34-28-13-6-5-12-27(28)33-29)22-8-7-11-26(18-22)37-25-9-3-2-4-10-25/h2-18,23,32-34H,19-20H2,1H3/t23-,32-/m0/s1. The molecule has 0 bridgehead atoms. The van der Waals surface area contributed by atoms with Crippen LogP contribution in [0.15, 0.2) is 114 Å². The molecule has 4 aromatic rings. The minimum Gasteiger partial charge on any atom is -0.497 e. The van der Waals surface area contributed by atoms with Gasteiger partial charge in [-0.05, 0) is 72.0 Å². The third-order valence-corrected chi connectivity index (χ3v) is 7.07. The lowest BCUT2D eigenvalue weighted by Gasteiger charge is -2.30. The van der Waals surface area contributed by atoms with Crippen molar-refractivity contribution in [1.82, 2.24) is 0 Å². The number of fused-ring (bicyclic) bond motifs is 1. The predicted octanol–water partition coefficient (Wildman–Crippen LogP) is 7.47. The van der Waals surface area contributed by atoms with Crippen molar-refractivity contribution >= 4 is 17.2 Å². The van der Waals surface area contributed by atoms with E-state index in [0.717, 1.165) is 57.4 Å². The van der Waals surface area contributed by atoms with Crippen LogP contribution in [-0.4, -0.2) is 12.9 Å². The van der Waals surface area contributed by atoms with Crippen LogP contribution < -0.4 is 20.1 Å². The first-order valence-corrected chi connectivity index (χ1v) is 12.5. The molecular formula is C32H28N2O3. The molecule has 37 heavy (non-hydrogen) atoms. The number of ether oxygens (including phenoxy) is 2. The lowest BCUT2D eigenvalue weighted by Crippen LogP contribution is -2.26. The summed E-state index contributed by atoms with van der Waals surface area (Å²) in [5, 5.41) is 7.26. The van der Waals surface area contributed by atoms with Gasteiger partial charge in [0, 0.05) is 17.7 Å². The Labute approximate surface area is 216 Å². The van der Waals surface area contributed by atoms with Gasteiger partial charge < -0.3 is 20.1 Å². The summed E-state index contributed by atoms with van der Waals surface area (Å²) in [7, 11) is 1.66. The molecule has 0 spiro atoms.